The minimum absolute atomic E-state index is 0.0115. The van der Waals surface area contributed by atoms with E-state index in [0.717, 1.165) is 55.3 Å². The molecule has 0 spiro atoms. The van der Waals surface area contributed by atoms with Crippen LogP contribution in [0.15, 0.2) is 72.8 Å². The normalized spacial score (nSPS) is 14.3. The summed E-state index contributed by atoms with van der Waals surface area (Å²) in [6.07, 6.45) is -0.0115. The Morgan fingerprint density at radius 1 is 0.872 bits per heavy atom. The topological polar surface area (TPSA) is 71.5 Å². The van der Waals surface area contributed by atoms with Crippen LogP contribution in [0.4, 0.5) is 5.69 Å². The second kappa shape index (κ2) is 14.2. The van der Waals surface area contributed by atoms with Crippen molar-refractivity contribution in [1.82, 2.24) is 4.90 Å². The Kier molecular flexibility index (Phi) is 10.2. The van der Waals surface area contributed by atoms with Crippen molar-refractivity contribution < 1.29 is 24.1 Å². The molecular weight excluding hydrogens is 492 g/mol. The van der Waals surface area contributed by atoms with Crippen molar-refractivity contribution in [2.24, 2.45) is 0 Å². The predicted molar refractivity (Wildman–Crippen MR) is 152 cm³/mol. The van der Waals surface area contributed by atoms with E-state index in [1.807, 2.05) is 36.4 Å². The van der Waals surface area contributed by atoms with Gasteiger partial charge in [-0.15, -0.1) is 5.92 Å². The molecule has 1 fully saturated rings. The molecular formula is C32H36N2O5. The first-order chi connectivity index (χ1) is 19.0. The van der Waals surface area contributed by atoms with E-state index in [9.17, 15) is 4.79 Å². The zero-order valence-electron chi connectivity index (χ0n) is 22.6. The van der Waals surface area contributed by atoms with Crippen LogP contribution in [0.1, 0.15) is 36.0 Å². The number of carbonyl (C=O) groups is 1. The fourth-order valence-corrected chi connectivity index (χ4v) is 4.61. The third-order valence-corrected chi connectivity index (χ3v) is 6.73. The van der Waals surface area contributed by atoms with Gasteiger partial charge in [0.05, 0.1) is 12.3 Å². The number of hydrogen-bond acceptors (Lipinski definition) is 6. The van der Waals surface area contributed by atoms with Gasteiger partial charge >= 0.3 is 5.97 Å². The van der Waals surface area contributed by atoms with Crippen LogP contribution < -0.4 is 14.4 Å². The zero-order valence-corrected chi connectivity index (χ0v) is 22.6. The molecule has 39 heavy (non-hydrogen) atoms. The van der Waals surface area contributed by atoms with Crippen LogP contribution in [0.25, 0.3) is 0 Å². The molecule has 1 heterocycles. The summed E-state index contributed by atoms with van der Waals surface area (Å²) in [5.41, 5.74) is 4.49. The van der Waals surface area contributed by atoms with Gasteiger partial charge in [0.1, 0.15) is 18.1 Å². The number of rotatable bonds is 12. The lowest BCUT2D eigenvalue weighted by molar-refractivity contribution is -0.137. The van der Waals surface area contributed by atoms with Gasteiger partial charge < -0.3 is 24.2 Å². The van der Waals surface area contributed by atoms with E-state index in [1.54, 1.807) is 14.0 Å². The number of hydrogen-bond donors (Lipinski definition) is 1. The fourth-order valence-electron chi connectivity index (χ4n) is 4.61. The number of carboxylic acids is 1. The van der Waals surface area contributed by atoms with E-state index in [2.05, 4.69) is 58.0 Å². The Hall–Kier alpha value is -3.99. The lowest BCUT2D eigenvalue weighted by Gasteiger charge is -2.36. The minimum atomic E-state index is -0.857. The van der Waals surface area contributed by atoms with E-state index in [1.165, 1.54) is 11.3 Å². The van der Waals surface area contributed by atoms with E-state index >= 15 is 0 Å². The Labute approximate surface area is 230 Å². The zero-order chi connectivity index (χ0) is 27.5. The molecule has 1 N–H and O–H groups in total. The third-order valence-electron chi connectivity index (χ3n) is 6.73. The average Bonchev–Trinajstić information content (AvgIpc) is 2.96. The number of nitrogens with zero attached hydrogens (tertiary/aromatic N) is 2. The molecule has 3 aromatic carbocycles. The molecule has 7 heteroatoms. The molecule has 0 aliphatic carbocycles. The molecule has 204 valence electrons. The van der Waals surface area contributed by atoms with E-state index in [4.69, 9.17) is 19.3 Å². The Morgan fingerprint density at radius 2 is 1.49 bits per heavy atom. The summed E-state index contributed by atoms with van der Waals surface area (Å²) in [4.78, 5) is 16.0. The molecule has 0 bridgehead atoms. The SMILES string of the molecule is CC#CC(CC(=O)O)c1ccc(OCc2ccc(CN3CCN(c4ccc(OCOC)cc4)CC3)cc2)cc1. The summed E-state index contributed by atoms with van der Waals surface area (Å²) >= 11 is 0. The molecule has 1 aliphatic rings. The van der Waals surface area contributed by atoms with Crippen molar-refractivity contribution in [3.8, 4) is 23.3 Å². The molecule has 4 rings (SSSR count). The maximum Gasteiger partial charge on any atom is 0.304 e. The van der Waals surface area contributed by atoms with Gasteiger partial charge in [0, 0.05) is 45.5 Å². The number of aliphatic carboxylic acids is 1. The number of anilines is 1. The third kappa shape index (κ3) is 8.51. The molecule has 0 amide bonds. The molecule has 1 saturated heterocycles. The van der Waals surface area contributed by atoms with Crippen molar-refractivity contribution in [2.75, 3.05) is 45.0 Å². The summed E-state index contributed by atoms with van der Waals surface area (Å²) in [5, 5.41) is 9.13. The lowest BCUT2D eigenvalue weighted by Crippen LogP contribution is -2.45. The molecule has 1 unspecified atom stereocenters. The van der Waals surface area contributed by atoms with Crippen LogP contribution in [0.5, 0.6) is 11.5 Å². The summed E-state index contributed by atoms with van der Waals surface area (Å²) < 4.78 is 16.4. The molecule has 0 aromatic heterocycles. The van der Waals surface area contributed by atoms with Crippen molar-refractivity contribution in [3.63, 3.8) is 0 Å². The largest absolute Gasteiger partial charge is 0.489 e. The lowest BCUT2D eigenvalue weighted by atomic mass is 9.96. The van der Waals surface area contributed by atoms with E-state index in [0.29, 0.717) is 6.61 Å². The minimum Gasteiger partial charge on any atom is -0.489 e. The highest BCUT2D eigenvalue weighted by Crippen LogP contribution is 2.24. The Balaban J connectivity index is 1.22. The van der Waals surface area contributed by atoms with Crippen LogP contribution in [-0.4, -0.2) is 56.1 Å². The van der Waals surface area contributed by atoms with Gasteiger partial charge in [-0.3, -0.25) is 9.69 Å². The van der Waals surface area contributed by atoms with Crippen LogP contribution in [0.3, 0.4) is 0 Å². The monoisotopic (exact) mass is 528 g/mol. The molecule has 0 radical (unpaired) electrons. The van der Waals surface area contributed by atoms with Gasteiger partial charge in [-0.25, -0.2) is 0 Å². The van der Waals surface area contributed by atoms with E-state index in [-0.39, 0.29) is 19.1 Å². The molecule has 1 aliphatic heterocycles. The summed E-state index contributed by atoms with van der Waals surface area (Å²) in [7, 11) is 1.62. The number of piperazine rings is 1. The highest BCUT2D eigenvalue weighted by molar-refractivity contribution is 5.69. The highest BCUT2D eigenvalue weighted by atomic mass is 16.7. The predicted octanol–water partition coefficient (Wildman–Crippen LogP) is 5.15. The van der Waals surface area contributed by atoms with Crippen LogP contribution in [0.2, 0.25) is 0 Å². The average molecular weight is 529 g/mol. The maximum atomic E-state index is 11.1. The number of benzene rings is 3. The molecule has 7 nitrogen and oxygen atoms in total. The molecule has 0 saturated carbocycles. The highest BCUT2D eigenvalue weighted by Gasteiger charge is 2.17. The van der Waals surface area contributed by atoms with Crippen molar-refractivity contribution in [1.29, 1.82) is 0 Å². The first-order valence-electron chi connectivity index (χ1n) is 13.2. The summed E-state index contributed by atoms with van der Waals surface area (Å²) in [6.45, 7) is 7.39. The van der Waals surface area contributed by atoms with Crippen LogP contribution in [-0.2, 0) is 22.7 Å². The number of ether oxygens (including phenoxy) is 3. The first-order valence-corrected chi connectivity index (χ1v) is 13.2. The summed E-state index contributed by atoms with van der Waals surface area (Å²) in [6, 6.07) is 24.3. The second-order valence-electron chi connectivity index (χ2n) is 9.53. The quantitative estimate of drug-likeness (QED) is 0.257. The fraction of sp³-hybridized carbons (Fsp3) is 0.344. The van der Waals surface area contributed by atoms with Gasteiger partial charge in [-0.05, 0) is 60.0 Å². The Morgan fingerprint density at radius 3 is 2.10 bits per heavy atom. The molecule has 1 atom stereocenters. The number of methoxy groups -OCH3 is 1. The summed E-state index contributed by atoms with van der Waals surface area (Å²) in [5.74, 6) is 6.19. The van der Waals surface area contributed by atoms with Crippen LogP contribution >= 0.6 is 0 Å². The van der Waals surface area contributed by atoms with Gasteiger partial charge in [-0.1, -0.05) is 42.3 Å². The van der Waals surface area contributed by atoms with Crippen molar-refractivity contribution in [3.05, 3.63) is 89.5 Å². The Bertz CT molecular complexity index is 1240. The van der Waals surface area contributed by atoms with Gasteiger partial charge in [0.25, 0.3) is 0 Å². The van der Waals surface area contributed by atoms with Crippen LogP contribution in [0, 0.1) is 11.8 Å². The first kappa shape index (κ1) is 28.0. The smallest absolute Gasteiger partial charge is 0.304 e. The van der Waals surface area contributed by atoms with Gasteiger partial charge in [0.15, 0.2) is 6.79 Å². The van der Waals surface area contributed by atoms with Crippen molar-refractivity contribution >= 4 is 11.7 Å². The van der Waals surface area contributed by atoms with E-state index < -0.39 is 5.97 Å². The van der Waals surface area contributed by atoms with Gasteiger partial charge in [-0.2, -0.15) is 0 Å². The standard InChI is InChI=1S/C32H36N2O5/c1-3-4-28(21-32(35)36)27-9-13-30(14-10-27)38-23-26-7-5-25(6-8-26)22-33-17-19-34(20-18-33)29-11-15-31(16-12-29)39-24-37-2/h5-16,28H,17-24H2,1-2H3,(H,35,36). The van der Waals surface area contributed by atoms with Gasteiger partial charge in [0.2, 0.25) is 0 Å². The number of carboxylic acid groups (broad SMARTS) is 1. The maximum absolute atomic E-state index is 11.1. The second-order valence-corrected chi connectivity index (χ2v) is 9.53. The molecule has 3 aromatic rings. The van der Waals surface area contributed by atoms with Crippen molar-refractivity contribution in [2.45, 2.75) is 32.4 Å².